The summed E-state index contributed by atoms with van der Waals surface area (Å²) in [5.41, 5.74) is 8.52. The molecule has 0 aliphatic rings. The average molecular weight is 189 g/mol. The standard InChI is InChI=1S/C13H19N/c1-4-9-13(3,10-14)12-8-6-5-7-11(12)2/h4-8H,1,9-10,14H2,2-3H3. The second-order valence-electron chi connectivity index (χ2n) is 4.07. The number of benzene rings is 1. The first-order valence-electron chi connectivity index (χ1n) is 5.01. The van der Waals surface area contributed by atoms with Gasteiger partial charge in [0.15, 0.2) is 0 Å². The van der Waals surface area contributed by atoms with Gasteiger partial charge in [0.2, 0.25) is 0 Å². The van der Waals surface area contributed by atoms with Gasteiger partial charge in [0.25, 0.3) is 0 Å². The molecule has 2 N–H and O–H groups in total. The Hall–Kier alpha value is -1.08. The van der Waals surface area contributed by atoms with Gasteiger partial charge < -0.3 is 5.73 Å². The SMILES string of the molecule is C=CCC(C)(CN)c1ccccc1C. The summed E-state index contributed by atoms with van der Waals surface area (Å²) in [5, 5.41) is 0. The molecule has 0 aromatic heterocycles. The van der Waals surface area contributed by atoms with E-state index in [-0.39, 0.29) is 5.41 Å². The van der Waals surface area contributed by atoms with Crippen LogP contribution in [-0.4, -0.2) is 6.54 Å². The van der Waals surface area contributed by atoms with Crippen molar-refractivity contribution in [2.45, 2.75) is 25.7 Å². The smallest absolute Gasteiger partial charge is 0.00842 e. The molecule has 1 rings (SSSR count). The summed E-state index contributed by atoms with van der Waals surface area (Å²) < 4.78 is 0. The predicted octanol–water partition coefficient (Wildman–Crippen LogP) is 2.79. The molecule has 14 heavy (non-hydrogen) atoms. The molecule has 0 aliphatic carbocycles. The summed E-state index contributed by atoms with van der Waals surface area (Å²) in [5.74, 6) is 0. The lowest BCUT2D eigenvalue weighted by atomic mass is 9.77. The molecule has 1 atom stereocenters. The van der Waals surface area contributed by atoms with Gasteiger partial charge in [-0.1, -0.05) is 37.3 Å². The summed E-state index contributed by atoms with van der Waals surface area (Å²) in [6.45, 7) is 8.77. The number of allylic oxidation sites excluding steroid dienone is 1. The first kappa shape index (κ1) is 11.0. The largest absolute Gasteiger partial charge is 0.330 e. The third kappa shape index (κ3) is 2.05. The third-order valence-electron chi connectivity index (χ3n) is 2.84. The van der Waals surface area contributed by atoms with E-state index in [1.54, 1.807) is 0 Å². The molecule has 0 heterocycles. The summed E-state index contributed by atoms with van der Waals surface area (Å²) >= 11 is 0. The van der Waals surface area contributed by atoms with Crippen LogP contribution in [0.3, 0.4) is 0 Å². The quantitative estimate of drug-likeness (QED) is 0.724. The fourth-order valence-corrected chi connectivity index (χ4v) is 1.87. The van der Waals surface area contributed by atoms with Crippen molar-refractivity contribution in [2.24, 2.45) is 5.73 Å². The van der Waals surface area contributed by atoms with Crippen molar-refractivity contribution in [1.82, 2.24) is 0 Å². The van der Waals surface area contributed by atoms with Crippen molar-refractivity contribution >= 4 is 0 Å². The monoisotopic (exact) mass is 189 g/mol. The van der Waals surface area contributed by atoms with Crippen molar-refractivity contribution in [2.75, 3.05) is 6.54 Å². The molecular formula is C13H19N. The average Bonchev–Trinajstić information content (AvgIpc) is 2.18. The van der Waals surface area contributed by atoms with Crippen molar-refractivity contribution in [1.29, 1.82) is 0 Å². The lowest BCUT2D eigenvalue weighted by molar-refractivity contribution is 0.488. The second-order valence-corrected chi connectivity index (χ2v) is 4.07. The lowest BCUT2D eigenvalue weighted by Crippen LogP contribution is -2.32. The van der Waals surface area contributed by atoms with Gasteiger partial charge in [0.05, 0.1) is 0 Å². The molecule has 1 nitrogen and oxygen atoms in total. The van der Waals surface area contributed by atoms with Crippen LogP contribution >= 0.6 is 0 Å². The molecule has 0 spiro atoms. The van der Waals surface area contributed by atoms with Gasteiger partial charge in [-0.2, -0.15) is 0 Å². The van der Waals surface area contributed by atoms with E-state index < -0.39 is 0 Å². The third-order valence-corrected chi connectivity index (χ3v) is 2.84. The Kier molecular flexibility index (Phi) is 3.48. The minimum absolute atomic E-state index is 0.0348. The maximum Gasteiger partial charge on any atom is 0.00842 e. The van der Waals surface area contributed by atoms with Gasteiger partial charge >= 0.3 is 0 Å². The van der Waals surface area contributed by atoms with E-state index in [4.69, 9.17) is 5.73 Å². The van der Waals surface area contributed by atoms with E-state index in [0.717, 1.165) is 6.42 Å². The van der Waals surface area contributed by atoms with E-state index in [0.29, 0.717) is 6.54 Å². The van der Waals surface area contributed by atoms with Crippen LogP contribution in [0, 0.1) is 6.92 Å². The van der Waals surface area contributed by atoms with Crippen LogP contribution in [0.2, 0.25) is 0 Å². The highest BCUT2D eigenvalue weighted by molar-refractivity contribution is 5.33. The van der Waals surface area contributed by atoms with Crippen LogP contribution in [0.4, 0.5) is 0 Å². The Morgan fingerprint density at radius 3 is 2.57 bits per heavy atom. The number of hydrogen-bond acceptors (Lipinski definition) is 1. The fraction of sp³-hybridized carbons (Fsp3) is 0.385. The van der Waals surface area contributed by atoms with Crippen molar-refractivity contribution < 1.29 is 0 Å². The van der Waals surface area contributed by atoms with Crippen LogP contribution in [0.25, 0.3) is 0 Å². The molecule has 1 aromatic carbocycles. The summed E-state index contributed by atoms with van der Waals surface area (Å²) in [6.07, 6.45) is 2.87. The van der Waals surface area contributed by atoms with E-state index in [2.05, 4.69) is 44.7 Å². The van der Waals surface area contributed by atoms with Gasteiger partial charge in [0.1, 0.15) is 0 Å². The van der Waals surface area contributed by atoms with E-state index in [1.165, 1.54) is 11.1 Å². The summed E-state index contributed by atoms with van der Waals surface area (Å²) in [7, 11) is 0. The van der Waals surface area contributed by atoms with E-state index >= 15 is 0 Å². The Morgan fingerprint density at radius 1 is 1.43 bits per heavy atom. The predicted molar refractivity (Wildman–Crippen MR) is 62.4 cm³/mol. The number of nitrogens with two attached hydrogens (primary N) is 1. The first-order chi connectivity index (χ1) is 6.64. The van der Waals surface area contributed by atoms with Crippen LogP contribution in [0.15, 0.2) is 36.9 Å². The molecule has 0 radical (unpaired) electrons. The topological polar surface area (TPSA) is 26.0 Å². The molecule has 76 valence electrons. The van der Waals surface area contributed by atoms with Crippen LogP contribution in [-0.2, 0) is 5.41 Å². The Morgan fingerprint density at radius 2 is 2.07 bits per heavy atom. The van der Waals surface area contributed by atoms with Crippen LogP contribution < -0.4 is 5.73 Å². The zero-order valence-corrected chi connectivity index (χ0v) is 9.09. The number of aryl methyl sites for hydroxylation is 1. The van der Waals surface area contributed by atoms with Gasteiger partial charge in [-0.15, -0.1) is 6.58 Å². The Balaban J connectivity index is 3.11. The fourth-order valence-electron chi connectivity index (χ4n) is 1.87. The molecule has 0 bridgehead atoms. The molecule has 0 fully saturated rings. The number of rotatable bonds is 4. The van der Waals surface area contributed by atoms with Gasteiger partial charge in [-0.05, 0) is 24.5 Å². The second kappa shape index (κ2) is 4.43. The zero-order chi connectivity index (χ0) is 10.6. The van der Waals surface area contributed by atoms with E-state index in [1.807, 2.05) is 6.08 Å². The maximum absolute atomic E-state index is 5.85. The first-order valence-corrected chi connectivity index (χ1v) is 5.01. The lowest BCUT2D eigenvalue weighted by Gasteiger charge is -2.28. The summed E-state index contributed by atoms with van der Waals surface area (Å²) in [6, 6.07) is 8.42. The molecule has 1 unspecified atom stereocenters. The molecule has 1 aromatic rings. The minimum Gasteiger partial charge on any atom is -0.330 e. The van der Waals surface area contributed by atoms with Crippen molar-refractivity contribution in [3.8, 4) is 0 Å². The van der Waals surface area contributed by atoms with E-state index in [9.17, 15) is 0 Å². The Labute approximate surface area is 86.6 Å². The molecule has 0 aliphatic heterocycles. The zero-order valence-electron chi connectivity index (χ0n) is 9.09. The molecular weight excluding hydrogens is 170 g/mol. The van der Waals surface area contributed by atoms with Crippen LogP contribution in [0.5, 0.6) is 0 Å². The normalized spacial score (nSPS) is 14.8. The number of hydrogen-bond donors (Lipinski definition) is 1. The Bertz CT molecular complexity index is 317. The highest BCUT2D eigenvalue weighted by Crippen LogP contribution is 2.29. The highest BCUT2D eigenvalue weighted by Gasteiger charge is 2.24. The van der Waals surface area contributed by atoms with Crippen molar-refractivity contribution in [3.05, 3.63) is 48.0 Å². The summed E-state index contributed by atoms with van der Waals surface area (Å²) in [4.78, 5) is 0. The van der Waals surface area contributed by atoms with Crippen molar-refractivity contribution in [3.63, 3.8) is 0 Å². The van der Waals surface area contributed by atoms with Gasteiger partial charge in [-0.3, -0.25) is 0 Å². The molecule has 0 amide bonds. The van der Waals surface area contributed by atoms with Gasteiger partial charge in [0, 0.05) is 12.0 Å². The maximum atomic E-state index is 5.85. The van der Waals surface area contributed by atoms with Crippen LogP contribution in [0.1, 0.15) is 24.5 Å². The molecule has 0 saturated heterocycles. The van der Waals surface area contributed by atoms with Gasteiger partial charge in [-0.25, -0.2) is 0 Å². The molecule has 0 saturated carbocycles. The minimum atomic E-state index is 0.0348. The molecule has 1 heteroatoms. The highest BCUT2D eigenvalue weighted by atomic mass is 14.6.